The van der Waals surface area contributed by atoms with Gasteiger partial charge in [-0.1, -0.05) is 0 Å². The Bertz CT molecular complexity index is 919. The Kier molecular flexibility index (Phi) is 8.26. The number of likely N-dealkylation sites (tertiary alicyclic amines) is 1. The van der Waals surface area contributed by atoms with Gasteiger partial charge < -0.3 is 29.2 Å². The second-order valence-electron chi connectivity index (χ2n) is 7.49. The number of carbonyl (C=O) groups excluding carboxylic acids is 1. The first-order valence-corrected chi connectivity index (χ1v) is 11.7. The van der Waals surface area contributed by atoms with Crippen molar-refractivity contribution in [3.05, 3.63) is 24.5 Å². The van der Waals surface area contributed by atoms with Gasteiger partial charge in [-0.05, 0) is 38.3 Å². The van der Waals surface area contributed by atoms with Crippen LogP contribution in [0, 0.1) is 0 Å². The van der Waals surface area contributed by atoms with Crippen LogP contribution in [0.4, 0.5) is 16.3 Å². The van der Waals surface area contributed by atoms with E-state index in [0.29, 0.717) is 49.1 Å². The van der Waals surface area contributed by atoms with E-state index in [1.165, 1.54) is 6.33 Å². The number of benzene rings is 1. The number of ether oxygens (including phenoxy) is 4. The van der Waals surface area contributed by atoms with Crippen LogP contribution in [0.5, 0.6) is 17.4 Å². The van der Waals surface area contributed by atoms with Gasteiger partial charge in [0.25, 0.3) is 5.88 Å². The van der Waals surface area contributed by atoms with Crippen molar-refractivity contribution in [2.24, 2.45) is 0 Å². The number of thioether (sulfide) groups is 1. The lowest BCUT2D eigenvalue weighted by atomic mass is 10.1. The van der Waals surface area contributed by atoms with Crippen LogP contribution in [0.2, 0.25) is 0 Å². The van der Waals surface area contributed by atoms with Crippen molar-refractivity contribution in [1.82, 2.24) is 14.9 Å². The fourth-order valence-corrected chi connectivity index (χ4v) is 3.76. The van der Waals surface area contributed by atoms with Crippen LogP contribution in [0.3, 0.4) is 0 Å². The molecule has 0 saturated carbocycles. The van der Waals surface area contributed by atoms with Gasteiger partial charge in [-0.3, -0.25) is 0 Å². The van der Waals surface area contributed by atoms with Gasteiger partial charge in [0.2, 0.25) is 5.75 Å². The topological polar surface area (TPSA) is 95.0 Å². The monoisotopic (exact) mass is 462 g/mol. The Labute approximate surface area is 192 Å². The highest BCUT2D eigenvalue weighted by Gasteiger charge is 2.27. The standard InChI is InChI=1S/C22H30N4O5S/c1-14(2)30-22(27)26-10-8-15(9-11-26)31-21-19(29-4)20(23-13-24-21)25-17-7-6-16(32-5)12-18(17)28-3/h6-7,12-15H,8-11H2,1-5H3,(H,23,24,25). The number of hydrogen-bond donors (Lipinski definition) is 1. The number of carbonyl (C=O) groups is 1. The first-order chi connectivity index (χ1) is 15.4. The van der Waals surface area contributed by atoms with Crippen LogP contribution in [0.15, 0.2) is 29.4 Å². The highest BCUT2D eigenvalue weighted by Crippen LogP contribution is 2.37. The minimum Gasteiger partial charge on any atom is -0.495 e. The van der Waals surface area contributed by atoms with Crippen molar-refractivity contribution in [1.29, 1.82) is 0 Å². The maximum Gasteiger partial charge on any atom is 0.410 e. The summed E-state index contributed by atoms with van der Waals surface area (Å²) < 4.78 is 22.5. The van der Waals surface area contributed by atoms with E-state index < -0.39 is 0 Å². The molecule has 0 spiro atoms. The van der Waals surface area contributed by atoms with Crippen LogP contribution >= 0.6 is 11.8 Å². The zero-order valence-corrected chi connectivity index (χ0v) is 19.9. The van der Waals surface area contributed by atoms with Gasteiger partial charge in [0, 0.05) is 30.8 Å². The molecular formula is C22H30N4O5S. The van der Waals surface area contributed by atoms with Crippen LogP contribution in [0.25, 0.3) is 0 Å². The molecule has 1 fully saturated rings. The van der Waals surface area contributed by atoms with Crippen LogP contribution in [0.1, 0.15) is 26.7 Å². The zero-order chi connectivity index (χ0) is 23.1. The Hall–Kier alpha value is -2.88. The molecule has 9 nitrogen and oxygen atoms in total. The minimum atomic E-state index is -0.286. The molecule has 1 aromatic carbocycles. The number of methoxy groups -OCH3 is 2. The number of hydrogen-bond acceptors (Lipinski definition) is 9. The first-order valence-electron chi connectivity index (χ1n) is 10.4. The van der Waals surface area contributed by atoms with Crippen LogP contribution in [-0.4, -0.2) is 66.7 Å². The van der Waals surface area contributed by atoms with Gasteiger partial charge in [0.05, 0.1) is 26.0 Å². The van der Waals surface area contributed by atoms with E-state index in [2.05, 4.69) is 15.3 Å². The van der Waals surface area contributed by atoms with Gasteiger partial charge in [-0.2, -0.15) is 4.98 Å². The second-order valence-corrected chi connectivity index (χ2v) is 8.37. The summed E-state index contributed by atoms with van der Waals surface area (Å²) in [5.74, 6) is 1.93. The molecule has 2 heterocycles. The molecule has 0 bridgehead atoms. The smallest absolute Gasteiger partial charge is 0.410 e. The molecule has 2 aromatic rings. The summed E-state index contributed by atoms with van der Waals surface area (Å²) in [5.41, 5.74) is 0.755. The maximum atomic E-state index is 12.1. The number of nitrogens with one attached hydrogen (secondary N) is 1. The Morgan fingerprint density at radius 3 is 2.56 bits per heavy atom. The van der Waals surface area contributed by atoms with Crippen molar-refractivity contribution in [3.63, 3.8) is 0 Å². The quantitative estimate of drug-likeness (QED) is 0.575. The van der Waals surface area contributed by atoms with Crippen molar-refractivity contribution >= 4 is 29.4 Å². The SMILES string of the molecule is COc1cc(SC)ccc1Nc1ncnc(OC2CCN(C(=O)OC(C)C)CC2)c1OC. The van der Waals surface area contributed by atoms with Gasteiger partial charge in [0.1, 0.15) is 18.2 Å². The molecule has 1 N–H and O–H groups in total. The summed E-state index contributed by atoms with van der Waals surface area (Å²) in [4.78, 5) is 23.5. The summed E-state index contributed by atoms with van der Waals surface area (Å²) in [6, 6.07) is 5.88. The van der Waals surface area contributed by atoms with Gasteiger partial charge in [-0.15, -0.1) is 11.8 Å². The number of anilines is 2. The second kappa shape index (κ2) is 11.1. The summed E-state index contributed by atoms with van der Waals surface area (Å²) in [5, 5.41) is 3.25. The third-order valence-electron chi connectivity index (χ3n) is 4.95. The van der Waals surface area contributed by atoms with Crippen molar-refractivity contribution in [2.45, 2.75) is 43.8 Å². The maximum absolute atomic E-state index is 12.1. The van der Waals surface area contributed by atoms with Crippen molar-refractivity contribution in [3.8, 4) is 17.4 Å². The van der Waals surface area contributed by atoms with Crippen LogP contribution in [-0.2, 0) is 4.74 Å². The Morgan fingerprint density at radius 2 is 1.94 bits per heavy atom. The lowest BCUT2D eigenvalue weighted by Crippen LogP contribution is -2.42. The molecule has 1 amide bonds. The van der Waals surface area contributed by atoms with E-state index in [1.807, 2.05) is 38.3 Å². The third kappa shape index (κ3) is 5.87. The molecule has 174 valence electrons. The van der Waals surface area contributed by atoms with Gasteiger partial charge >= 0.3 is 6.09 Å². The van der Waals surface area contributed by atoms with Gasteiger partial charge in [-0.25, -0.2) is 9.78 Å². The largest absolute Gasteiger partial charge is 0.495 e. The molecule has 1 aromatic heterocycles. The molecule has 1 saturated heterocycles. The highest BCUT2D eigenvalue weighted by molar-refractivity contribution is 7.98. The number of piperidine rings is 1. The predicted octanol–water partition coefficient (Wildman–Crippen LogP) is 4.35. The van der Waals surface area contributed by atoms with E-state index in [0.717, 1.165) is 10.6 Å². The van der Waals surface area contributed by atoms with E-state index in [4.69, 9.17) is 18.9 Å². The fourth-order valence-electron chi connectivity index (χ4n) is 3.33. The average Bonchev–Trinajstić information content (AvgIpc) is 2.79. The Morgan fingerprint density at radius 1 is 1.19 bits per heavy atom. The number of rotatable bonds is 8. The van der Waals surface area contributed by atoms with E-state index in [1.54, 1.807) is 30.9 Å². The number of amides is 1. The summed E-state index contributed by atoms with van der Waals surface area (Å²) in [6.07, 6.45) is 4.27. The summed E-state index contributed by atoms with van der Waals surface area (Å²) in [6.45, 7) is 4.81. The number of nitrogens with zero attached hydrogens (tertiary/aromatic N) is 3. The van der Waals surface area contributed by atoms with Crippen molar-refractivity contribution in [2.75, 3.05) is 38.9 Å². The highest BCUT2D eigenvalue weighted by atomic mass is 32.2. The molecule has 1 aliphatic rings. The van der Waals surface area contributed by atoms with Crippen LogP contribution < -0.4 is 19.5 Å². The molecule has 1 aliphatic heterocycles. The first kappa shape index (κ1) is 23.8. The zero-order valence-electron chi connectivity index (χ0n) is 19.1. The molecule has 3 rings (SSSR count). The molecule has 32 heavy (non-hydrogen) atoms. The Balaban J connectivity index is 1.70. The number of aromatic nitrogens is 2. The van der Waals surface area contributed by atoms with Gasteiger partial charge in [0.15, 0.2) is 5.82 Å². The minimum absolute atomic E-state index is 0.0925. The molecule has 0 atom stereocenters. The molecular weight excluding hydrogens is 432 g/mol. The molecule has 0 aliphatic carbocycles. The third-order valence-corrected chi connectivity index (χ3v) is 5.68. The fraction of sp³-hybridized carbons (Fsp3) is 0.500. The van der Waals surface area contributed by atoms with Crippen molar-refractivity contribution < 1.29 is 23.7 Å². The lowest BCUT2D eigenvalue weighted by Gasteiger charge is -2.31. The normalized spacial score (nSPS) is 14.2. The molecule has 10 heteroatoms. The molecule has 0 unspecified atom stereocenters. The van der Waals surface area contributed by atoms with E-state index in [-0.39, 0.29) is 18.3 Å². The van der Waals surface area contributed by atoms with E-state index >= 15 is 0 Å². The summed E-state index contributed by atoms with van der Waals surface area (Å²) >= 11 is 1.64. The predicted molar refractivity (Wildman–Crippen MR) is 123 cm³/mol. The summed E-state index contributed by atoms with van der Waals surface area (Å²) in [7, 11) is 3.18. The lowest BCUT2D eigenvalue weighted by molar-refractivity contribution is 0.0500. The molecule has 0 radical (unpaired) electrons. The van der Waals surface area contributed by atoms with E-state index in [9.17, 15) is 4.79 Å². The average molecular weight is 463 g/mol.